The van der Waals surface area contributed by atoms with E-state index in [4.69, 9.17) is 5.73 Å². The second-order valence-corrected chi connectivity index (χ2v) is 2.50. The molecule has 0 heterocycles. The zero-order chi connectivity index (χ0) is 8.97. The fourth-order valence-corrected chi connectivity index (χ4v) is 0.967. The molecule has 0 aromatic heterocycles. The Morgan fingerprint density at radius 1 is 1.36 bits per heavy atom. The molecule has 0 saturated heterocycles. The van der Waals surface area contributed by atoms with Gasteiger partial charge in [0.2, 0.25) is 5.91 Å². The van der Waals surface area contributed by atoms with Crippen molar-refractivity contribution in [2.24, 2.45) is 5.73 Å². The lowest BCUT2D eigenvalue weighted by Gasteiger charge is -2.09. The van der Waals surface area contributed by atoms with Crippen molar-refractivity contribution in [3.63, 3.8) is 0 Å². The number of rotatable bonds is 2. The third kappa shape index (κ3) is 3.74. The van der Waals surface area contributed by atoms with E-state index in [9.17, 15) is 4.79 Å². The maximum atomic E-state index is 11.1. The predicted molar refractivity (Wildman–Crippen MR) is 58.3 cm³/mol. The molecule has 80 valence electrons. The molecule has 0 aliphatic carbocycles. The first kappa shape index (κ1) is 15.4. The molecule has 1 aromatic rings. The van der Waals surface area contributed by atoms with Crippen LogP contribution in [-0.2, 0) is 4.79 Å². The number of nitrogens with one attached hydrogen (secondary N) is 1. The van der Waals surface area contributed by atoms with Gasteiger partial charge in [0.25, 0.3) is 0 Å². The molecule has 1 rings (SSSR count). The molecule has 1 aromatic carbocycles. The van der Waals surface area contributed by atoms with Gasteiger partial charge in [-0.05, 0) is 5.56 Å². The largest absolute Gasteiger partial charge is 0.412 e. The Labute approximate surface area is 89.2 Å². The van der Waals surface area contributed by atoms with Crippen LogP contribution in [0.3, 0.4) is 0 Å². The average molecular weight is 219 g/mol. The summed E-state index contributed by atoms with van der Waals surface area (Å²) in [5, 5.41) is 2.50. The SMILES string of the molecule is CNC(=O)C(N)c1ccccc1.Cl.O. The van der Waals surface area contributed by atoms with Crippen LogP contribution in [0.5, 0.6) is 0 Å². The van der Waals surface area contributed by atoms with Crippen molar-refractivity contribution < 1.29 is 10.3 Å². The minimum atomic E-state index is -0.559. The normalized spacial score (nSPS) is 10.4. The number of hydrogen-bond donors (Lipinski definition) is 2. The number of carbonyl (C=O) groups excluding carboxylic acids is 1. The van der Waals surface area contributed by atoms with Gasteiger partial charge in [-0.25, -0.2) is 0 Å². The van der Waals surface area contributed by atoms with E-state index in [0.29, 0.717) is 0 Å². The highest BCUT2D eigenvalue weighted by molar-refractivity contribution is 5.85. The molecule has 1 unspecified atom stereocenters. The second kappa shape index (κ2) is 7.32. The molecular weight excluding hydrogens is 204 g/mol. The molecule has 4 nitrogen and oxygen atoms in total. The van der Waals surface area contributed by atoms with Crippen molar-refractivity contribution in [2.75, 3.05) is 7.05 Å². The molecule has 5 heteroatoms. The highest BCUT2D eigenvalue weighted by Gasteiger charge is 2.12. The number of benzene rings is 1. The van der Waals surface area contributed by atoms with Gasteiger partial charge in [0.1, 0.15) is 6.04 Å². The van der Waals surface area contributed by atoms with Crippen molar-refractivity contribution in [1.82, 2.24) is 5.32 Å². The fourth-order valence-electron chi connectivity index (χ4n) is 0.967. The Morgan fingerprint density at radius 2 is 1.86 bits per heavy atom. The van der Waals surface area contributed by atoms with Gasteiger partial charge in [0, 0.05) is 7.05 Å². The molecule has 1 atom stereocenters. The van der Waals surface area contributed by atoms with Crippen LogP contribution < -0.4 is 11.1 Å². The number of likely N-dealkylation sites (N-methyl/N-ethyl adjacent to an activating group) is 1. The van der Waals surface area contributed by atoms with Crippen molar-refractivity contribution in [1.29, 1.82) is 0 Å². The quantitative estimate of drug-likeness (QED) is 0.734. The lowest BCUT2D eigenvalue weighted by atomic mass is 10.1. The Kier molecular flexibility index (Phi) is 8.04. The number of halogens is 1. The molecule has 0 aliphatic rings. The molecule has 0 bridgehead atoms. The predicted octanol–water partition coefficient (Wildman–Crippen LogP) is 0.0295. The Balaban J connectivity index is 0. The summed E-state index contributed by atoms with van der Waals surface area (Å²) in [5.74, 6) is -0.166. The first-order chi connectivity index (χ1) is 5.75. The molecule has 5 N–H and O–H groups in total. The maximum absolute atomic E-state index is 11.1. The molecular formula is C9H15ClN2O2. The zero-order valence-electron chi connectivity index (χ0n) is 7.86. The van der Waals surface area contributed by atoms with Gasteiger partial charge in [-0.15, -0.1) is 12.4 Å². The maximum Gasteiger partial charge on any atom is 0.241 e. The summed E-state index contributed by atoms with van der Waals surface area (Å²) in [7, 11) is 1.57. The second-order valence-electron chi connectivity index (χ2n) is 2.50. The van der Waals surface area contributed by atoms with Gasteiger partial charge in [0.15, 0.2) is 0 Å². The lowest BCUT2D eigenvalue weighted by Crippen LogP contribution is -2.31. The van der Waals surface area contributed by atoms with Crippen LogP contribution in [0.15, 0.2) is 30.3 Å². The standard InChI is InChI=1S/C9H12N2O.ClH.H2O/c1-11-9(12)8(10)7-5-3-2-4-6-7;;/h2-6,8H,10H2,1H3,(H,11,12);1H;1H2. The van der Waals surface area contributed by atoms with E-state index >= 15 is 0 Å². The summed E-state index contributed by atoms with van der Waals surface area (Å²) in [6, 6.07) is 8.71. The van der Waals surface area contributed by atoms with Crippen molar-refractivity contribution in [2.45, 2.75) is 6.04 Å². The molecule has 0 fully saturated rings. The highest BCUT2D eigenvalue weighted by Crippen LogP contribution is 2.08. The monoisotopic (exact) mass is 218 g/mol. The van der Waals surface area contributed by atoms with E-state index in [1.54, 1.807) is 7.05 Å². The number of amides is 1. The van der Waals surface area contributed by atoms with Crippen LogP contribution in [0.4, 0.5) is 0 Å². The van der Waals surface area contributed by atoms with E-state index in [1.165, 1.54) is 0 Å². The number of hydrogen-bond acceptors (Lipinski definition) is 2. The van der Waals surface area contributed by atoms with Gasteiger partial charge in [-0.3, -0.25) is 4.79 Å². The van der Waals surface area contributed by atoms with E-state index in [-0.39, 0.29) is 23.8 Å². The summed E-state index contributed by atoms with van der Waals surface area (Å²) in [4.78, 5) is 11.1. The van der Waals surface area contributed by atoms with Crippen molar-refractivity contribution in [3.05, 3.63) is 35.9 Å². The number of carbonyl (C=O) groups is 1. The first-order valence-electron chi connectivity index (χ1n) is 3.78. The third-order valence-electron chi connectivity index (χ3n) is 1.69. The smallest absolute Gasteiger partial charge is 0.241 e. The van der Waals surface area contributed by atoms with Gasteiger partial charge in [-0.1, -0.05) is 30.3 Å². The summed E-state index contributed by atoms with van der Waals surface area (Å²) < 4.78 is 0. The van der Waals surface area contributed by atoms with Crippen LogP contribution >= 0.6 is 12.4 Å². The van der Waals surface area contributed by atoms with Crippen molar-refractivity contribution in [3.8, 4) is 0 Å². The van der Waals surface area contributed by atoms with E-state index in [1.807, 2.05) is 30.3 Å². The topological polar surface area (TPSA) is 86.6 Å². The van der Waals surface area contributed by atoms with Crippen LogP contribution in [-0.4, -0.2) is 18.4 Å². The minimum absolute atomic E-state index is 0. The van der Waals surface area contributed by atoms with Crippen LogP contribution in [0.25, 0.3) is 0 Å². The average Bonchev–Trinajstić information content (AvgIpc) is 2.17. The van der Waals surface area contributed by atoms with Gasteiger partial charge >= 0.3 is 0 Å². The molecule has 0 radical (unpaired) electrons. The molecule has 0 saturated carbocycles. The van der Waals surface area contributed by atoms with E-state index in [0.717, 1.165) is 5.56 Å². The van der Waals surface area contributed by atoms with Crippen LogP contribution in [0.2, 0.25) is 0 Å². The third-order valence-corrected chi connectivity index (χ3v) is 1.69. The minimum Gasteiger partial charge on any atom is -0.412 e. The summed E-state index contributed by atoms with van der Waals surface area (Å²) in [6.07, 6.45) is 0. The molecule has 14 heavy (non-hydrogen) atoms. The van der Waals surface area contributed by atoms with Crippen LogP contribution in [0.1, 0.15) is 11.6 Å². The van der Waals surface area contributed by atoms with Gasteiger partial charge in [0.05, 0.1) is 0 Å². The zero-order valence-corrected chi connectivity index (χ0v) is 8.67. The summed E-state index contributed by atoms with van der Waals surface area (Å²) in [5.41, 5.74) is 6.47. The Bertz CT molecular complexity index is 267. The van der Waals surface area contributed by atoms with E-state index in [2.05, 4.69) is 5.32 Å². The first-order valence-corrected chi connectivity index (χ1v) is 3.78. The summed E-state index contributed by atoms with van der Waals surface area (Å²) in [6.45, 7) is 0. The molecule has 1 amide bonds. The van der Waals surface area contributed by atoms with Crippen LogP contribution in [0, 0.1) is 0 Å². The Hall–Kier alpha value is -1.10. The van der Waals surface area contributed by atoms with Gasteiger partial charge in [-0.2, -0.15) is 0 Å². The van der Waals surface area contributed by atoms with Gasteiger partial charge < -0.3 is 16.5 Å². The highest BCUT2D eigenvalue weighted by atomic mass is 35.5. The molecule has 0 spiro atoms. The fraction of sp³-hybridized carbons (Fsp3) is 0.222. The van der Waals surface area contributed by atoms with Crippen molar-refractivity contribution >= 4 is 18.3 Å². The molecule has 0 aliphatic heterocycles. The Morgan fingerprint density at radius 3 is 2.29 bits per heavy atom. The number of nitrogens with two attached hydrogens (primary N) is 1. The van der Waals surface area contributed by atoms with E-state index < -0.39 is 6.04 Å². The lowest BCUT2D eigenvalue weighted by molar-refractivity contribution is -0.121. The summed E-state index contributed by atoms with van der Waals surface area (Å²) >= 11 is 0.